The van der Waals surface area contributed by atoms with Crippen molar-refractivity contribution in [2.45, 2.75) is 49.1 Å². The van der Waals surface area contributed by atoms with Crippen LogP contribution in [0, 0.1) is 5.82 Å². The lowest BCUT2D eigenvalue weighted by Gasteiger charge is -2.14. The summed E-state index contributed by atoms with van der Waals surface area (Å²) >= 11 is 1.23. The highest BCUT2D eigenvalue weighted by Gasteiger charge is 2.23. The van der Waals surface area contributed by atoms with E-state index >= 15 is 0 Å². The summed E-state index contributed by atoms with van der Waals surface area (Å²) in [5.74, 6) is -0.0144. The van der Waals surface area contributed by atoms with E-state index in [2.05, 4.69) is 15.5 Å². The molecule has 1 fully saturated rings. The molecule has 3 rings (SSSR count). The highest BCUT2D eigenvalue weighted by Crippen LogP contribution is 2.27. The number of benzene rings is 1. The van der Waals surface area contributed by atoms with Gasteiger partial charge in [-0.1, -0.05) is 24.6 Å². The lowest BCUT2D eigenvalue weighted by Crippen LogP contribution is -2.37. The predicted molar refractivity (Wildman–Crippen MR) is 85.4 cm³/mol. The Morgan fingerprint density at radius 1 is 1.30 bits per heavy atom. The molecular formula is C16H18FN3O2S. The summed E-state index contributed by atoms with van der Waals surface area (Å²) in [7, 11) is 0. The van der Waals surface area contributed by atoms with Crippen molar-refractivity contribution in [2.24, 2.45) is 0 Å². The fraction of sp³-hybridized carbons (Fsp3) is 0.438. The monoisotopic (exact) mass is 335 g/mol. The summed E-state index contributed by atoms with van der Waals surface area (Å²) in [4.78, 5) is 12.2. The first-order chi connectivity index (χ1) is 11.1. The van der Waals surface area contributed by atoms with Crippen molar-refractivity contribution in [2.75, 3.05) is 0 Å². The number of rotatable bonds is 5. The molecule has 1 heterocycles. The first-order valence-corrected chi connectivity index (χ1v) is 8.56. The topological polar surface area (TPSA) is 68.0 Å². The molecule has 1 saturated carbocycles. The number of aromatic nitrogens is 2. The third-order valence-electron chi connectivity index (χ3n) is 3.85. The van der Waals surface area contributed by atoms with Gasteiger partial charge in [0.25, 0.3) is 5.22 Å². The Balaban J connectivity index is 1.59. The van der Waals surface area contributed by atoms with Gasteiger partial charge in [-0.05, 0) is 44.0 Å². The minimum atomic E-state index is -0.319. The lowest BCUT2D eigenvalue weighted by atomic mass is 10.2. The van der Waals surface area contributed by atoms with Crippen LogP contribution in [0.2, 0.25) is 0 Å². The maximum atomic E-state index is 12.9. The quantitative estimate of drug-likeness (QED) is 0.848. The fourth-order valence-electron chi connectivity index (χ4n) is 2.56. The van der Waals surface area contributed by atoms with Gasteiger partial charge in [-0.15, -0.1) is 10.2 Å². The molecular weight excluding hydrogens is 317 g/mol. The van der Waals surface area contributed by atoms with Gasteiger partial charge in [0.15, 0.2) is 0 Å². The van der Waals surface area contributed by atoms with Crippen LogP contribution in [0.15, 0.2) is 33.9 Å². The average Bonchev–Trinajstić information content (AvgIpc) is 3.20. The van der Waals surface area contributed by atoms with Crippen molar-refractivity contribution in [1.29, 1.82) is 0 Å². The summed E-state index contributed by atoms with van der Waals surface area (Å²) in [5.41, 5.74) is 0.647. The Morgan fingerprint density at radius 2 is 2.00 bits per heavy atom. The second-order valence-corrected chi connectivity index (χ2v) is 6.92. The third kappa shape index (κ3) is 4.10. The highest BCUT2D eigenvalue weighted by atomic mass is 32.2. The molecule has 0 saturated heterocycles. The molecule has 0 unspecified atom stereocenters. The maximum absolute atomic E-state index is 12.9. The van der Waals surface area contributed by atoms with E-state index in [1.807, 2.05) is 6.92 Å². The summed E-state index contributed by atoms with van der Waals surface area (Å²) in [6, 6.07) is 6.12. The molecule has 1 N–H and O–H groups in total. The predicted octanol–water partition coefficient (Wildman–Crippen LogP) is 3.42. The number of nitrogens with one attached hydrogen (secondary N) is 1. The van der Waals surface area contributed by atoms with Crippen LogP contribution in [0.5, 0.6) is 0 Å². The van der Waals surface area contributed by atoms with Crippen molar-refractivity contribution in [3.05, 3.63) is 30.1 Å². The molecule has 0 bridgehead atoms. The molecule has 1 atom stereocenters. The number of hydrogen-bond acceptors (Lipinski definition) is 5. The molecule has 2 aromatic rings. The third-order valence-corrected chi connectivity index (χ3v) is 4.78. The van der Waals surface area contributed by atoms with Crippen molar-refractivity contribution in [3.8, 4) is 11.5 Å². The molecule has 7 heteroatoms. The Hall–Kier alpha value is -1.89. The van der Waals surface area contributed by atoms with E-state index < -0.39 is 0 Å². The van der Waals surface area contributed by atoms with Gasteiger partial charge in [0.05, 0.1) is 5.25 Å². The zero-order chi connectivity index (χ0) is 16.2. The lowest BCUT2D eigenvalue weighted by molar-refractivity contribution is -0.120. The Kier molecular flexibility index (Phi) is 4.95. The van der Waals surface area contributed by atoms with Crippen LogP contribution in [0.4, 0.5) is 4.39 Å². The molecule has 1 amide bonds. The molecule has 1 aromatic heterocycles. The van der Waals surface area contributed by atoms with Gasteiger partial charge in [-0.3, -0.25) is 4.79 Å². The molecule has 1 aromatic carbocycles. The molecule has 1 aliphatic carbocycles. The number of hydrogen-bond donors (Lipinski definition) is 1. The van der Waals surface area contributed by atoms with E-state index in [-0.39, 0.29) is 17.0 Å². The van der Waals surface area contributed by atoms with Crippen LogP contribution < -0.4 is 5.32 Å². The van der Waals surface area contributed by atoms with Gasteiger partial charge in [-0.2, -0.15) is 0 Å². The van der Waals surface area contributed by atoms with Gasteiger partial charge in [0.1, 0.15) is 5.82 Å². The Bertz CT molecular complexity index is 668. The van der Waals surface area contributed by atoms with Crippen molar-refractivity contribution in [1.82, 2.24) is 15.5 Å². The molecule has 0 radical (unpaired) electrons. The van der Waals surface area contributed by atoms with Gasteiger partial charge < -0.3 is 9.73 Å². The van der Waals surface area contributed by atoms with Crippen LogP contribution in [0.25, 0.3) is 11.5 Å². The number of halogens is 1. The summed E-state index contributed by atoms with van der Waals surface area (Å²) in [6.07, 6.45) is 4.46. The van der Waals surface area contributed by atoms with Crippen LogP contribution in [-0.4, -0.2) is 27.4 Å². The van der Waals surface area contributed by atoms with Gasteiger partial charge >= 0.3 is 0 Å². The zero-order valence-electron chi connectivity index (χ0n) is 12.8. The average molecular weight is 335 g/mol. The van der Waals surface area contributed by atoms with Crippen LogP contribution in [0.1, 0.15) is 32.6 Å². The first kappa shape index (κ1) is 16.0. The molecule has 23 heavy (non-hydrogen) atoms. The van der Waals surface area contributed by atoms with E-state index in [4.69, 9.17) is 4.42 Å². The minimum absolute atomic E-state index is 0.0107. The smallest absolute Gasteiger partial charge is 0.277 e. The summed E-state index contributed by atoms with van der Waals surface area (Å²) in [5, 5.41) is 11.0. The molecule has 0 aliphatic heterocycles. The second-order valence-electron chi connectivity index (χ2n) is 5.63. The van der Waals surface area contributed by atoms with E-state index in [0.717, 1.165) is 12.8 Å². The SMILES string of the molecule is C[C@@H](Sc1nnc(-c2ccc(F)cc2)o1)C(=O)NC1CCCC1. The van der Waals surface area contributed by atoms with Gasteiger partial charge in [-0.25, -0.2) is 4.39 Å². The van der Waals surface area contributed by atoms with Crippen LogP contribution in [0.3, 0.4) is 0 Å². The van der Waals surface area contributed by atoms with Crippen LogP contribution >= 0.6 is 11.8 Å². The minimum Gasteiger partial charge on any atom is -0.411 e. The molecule has 5 nitrogen and oxygen atoms in total. The molecule has 122 valence electrons. The summed E-state index contributed by atoms with van der Waals surface area (Å²) < 4.78 is 18.5. The normalized spacial score (nSPS) is 16.4. The van der Waals surface area contributed by atoms with Crippen molar-refractivity contribution >= 4 is 17.7 Å². The van der Waals surface area contributed by atoms with Crippen molar-refractivity contribution in [3.63, 3.8) is 0 Å². The largest absolute Gasteiger partial charge is 0.411 e. The number of thioether (sulfide) groups is 1. The Labute approximate surface area is 138 Å². The van der Waals surface area contributed by atoms with Crippen LogP contribution in [-0.2, 0) is 4.79 Å². The van der Waals surface area contributed by atoms with Crippen molar-refractivity contribution < 1.29 is 13.6 Å². The fourth-order valence-corrected chi connectivity index (χ4v) is 3.25. The van der Waals surface area contributed by atoms with E-state index in [9.17, 15) is 9.18 Å². The maximum Gasteiger partial charge on any atom is 0.277 e. The number of carbonyl (C=O) groups is 1. The molecule has 1 aliphatic rings. The number of nitrogens with zero attached hydrogens (tertiary/aromatic N) is 2. The van der Waals surface area contributed by atoms with E-state index in [1.54, 1.807) is 12.1 Å². The zero-order valence-corrected chi connectivity index (χ0v) is 13.6. The molecule has 0 spiro atoms. The standard InChI is InChI=1S/C16H18FN3O2S/c1-10(14(21)18-13-4-2-3-5-13)23-16-20-19-15(22-16)11-6-8-12(17)9-7-11/h6-10,13H,2-5H2,1H3,(H,18,21)/t10-/m1/s1. The number of carbonyl (C=O) groups excluding carboxylic acids is 1. The van der Waals surface area contributed by atoms with Gasteiger partial charge in [0, 0.05) is 11.6 Å². The number of amides is 1. The Morgan fingerprint density at radius 3 is 2.70 bits per heavy atom. The first-order valence-electron chi connectivity index (χ1n) is 7.68. The van der Waals surface area contributed by atoms with Gasteiger partial charge in [0.2, 0.25) is 11.8 Å². The second kappa shape index (κ2) is 7.12. The van der Waals surface area contributed by atoms with E-state index in [0.29, 0.717) is 22.7 Å². The van der Waals surface area contributed by atoms with E-state index in [1.165, 1.54) is 36.7 Å². The summed E-state index contributed by atoms with van der Waals surface area (Å²) in [6.45, 7) is 1.82. The highest BCUT2D eigenvalue weighted by molar-refractivity contribution is 8.00.